The molecule has 0 fully saturated rings. The van der Waals surface area contributed by atoms with Crippen LogP contribution >= 0.6 is 0 Å². The molecule has 1 aromatic heterocycles. The zero-order chi connectivity index (χ0) is 13.8. The van der Waals surface area contributed by atoms with Crippen molar-refractivity contribution in [1.82, 2.24) is 10.3 Å². The molecule has 19 heavy (non-hydrogen) atoms. The maximum Gasteiger partial charge on any atom is 0.141 e. The lowest BCUT2D eigenvalue weighted by molar-refractivity contribution is 0.616. The first-order chi connectivity index (χ1) is 9.11. The summed E-state index contributed by atoms with van der Waals surface area (Å²) in [4.78, 5) is 6.17. The fourth-order valence-corrected chi connectivity index (χ4v) is 1.99. The molecule has 3 nitrogen and oxygen atoms in total. The number of aryl methyl sites for hydroxylation is 1. The number of halogens is 1. The molecule has 2 aromatic rings. The van der Waals surface area contributed by atoms with Gasteiger partial charge in [-0.05, 0) is 32.2 Å². The number of pyridine rings is 1. The van der Waals surface area contributed by atoms with E-state index < -0.39 is 0 Å². The van der Waals surface area contributed by atoms with Crippen LogP contribution in [0.15, 0.2) is 36.5 Å². The predicted octanol–water partition coefficient (Wildman–Crippen LogP) is 3.02. The summed E-state index contributed by atoms with van der Waals surface area (Å²) in [6, 6.07) is 9.68. The van der Waals surface area contributed by atoms with Crippen LogP contribution in [-0.2, 0) is 6.54 Å². The highest BCUT2D eigenvalue weighted by Gasteiger charge is 2.11. The quantitative estimate of drug-likeness (QED) is 0.914. The van der Waals surface area contributed by atoms with E-state index in [1.807, 2.05) is 50.2 Å². The minimum atomic E-state index is -0.314. The van der Waals surface area contributed by atoms with E-state index in [9.17, 15) is 4.39 Å². The van der Waals surface area contributed by atoms with Gasteiger partial charge >= 0.3 is 0 Å². The molecule has 2 rings (SSSR count). The van der Waals surface area contributed by atoms with E-state index in [-0.39, 0.29) is 5.82 Å². The summed E-state index contributed by atoms with van der Waals surface area (Å²) in [6.45, 7) is 2.63. The van der Waals surface area contributed by atoms with Crippen molar-refractivity contribution in [3.63, 3.8) is 0 Å². The van der Waals surface area contributed by atoms with Gasteiger partial charge in [0.15, 0.2) is 0 Å². The van der Waals surface area contributed by atoms with Crippen LogP contribution in [0.25, 0.3) is 0 Å². The van der Waals surface area contributed by atoms with Gasteiger partial charge in [0.1, 0.15) is 11.6 Å². The zero-order valence-corrected chi connectivity index (χ0v) is 11.4. The molecule has 0 unspecified atom stereocenters. The topological polar surface area (TPSA) is 28.2 Å². The molecule has 4 heteroatoms. The highest BCUT2D eigenvalue weighted by atomic mass is 19.1. The van der Waals surface area contributed by atoms with Gasteiger partial charge in [0.05, 0.1) is 6.20 Å². The maximum atomic E-state index is 13.3. The molecular formula is C15H18FN3. The third-order valence-corrected chi connectivity index (χ3v) is 3.02. The Labute approximate surface area is 113 Å². The van der Waals surface area contributed by atoms with Gasteiger partial charge in [0, 0.05) is 24.8 Å². The normalized spacial score (nSPS) is 10.5. The van der Waals surface area contributed by atoms with E-state index in [4.69, 9.17) is 0 Å². The molecule has 0 aliphatic rings. The van der Waals surface area contributed by atoms with Crippen molar-refractivity contribution in [3.05, 3.63) is 53.5 Å². The van der Waals surface area contributed by atoms with Crippen molar-refractivity contribution in [3.8, 4) is 0 Å². The number of anilines is 2. The minimum absolute atomic E-state index is 0.314. The Bertz CT molecular complexity index is 552. The third kappa shape index (κ3) is 3.09. The molecule has 0 saturated carbocycles. The molecule has 0 atom stereocenters. The summed E-state index contributed by atoms with van der Waals surface area (Å²) < 4.78 is 13.3. The Hall–Kier alpha value is -1.94. The maximum absolute atomic E-state index is 13.3. The Kier molecular flexibility index (Phi) is 4.12. The van der Waals surface area contributed by atoms with Crippen molar-refractivity contribution in [2.24, 2.45) is 0 Å². The largest absolute Gasteiger partial charge is 0.329 e. The monoisotopic (exact) mass is 259 g/mol. The van der Waals surface area contributed by atoms with Crippen molar-refractivity contribution in [2.45, 2.75) is 13.5 Å². The minimum Gasteiger partial charge on any atom is -0.329 e. The fraction of sp³-hybridized carbons (Fsp3) is 0.267. The Balaban J connectivity index is 2.37. The summed E-state index contributed by atoms with van der Waals surface area (Å²) in [5, 5.41) is 3.03. The highest BCUT2D eigenvalue weighted by Crippen LogP contribution is 2.25. The van der Waals surface area contributed by atoms with Crippen LogP contribution in [0, 0.1) is 12.7 Å². The van der Waals surface area contributed by atoms with Gasteiger partial charge in [-0.1, -0.05) is 17.7 Å². The lowest BCUT2D eigenvalue weighted by atomic mass is 10.2. The molecule has 1 heterocycles. The average molecular weight is 259 g/mol. The van der Waals surface area contributed by atoms with Crippen molar-refractivity contribution < 1.29 is 4.39 Å². The molecule has 1 N–H and O–H groups in total. The van der Waals surface area contributed by atoms with Crippen LogP contribution < -0.4 is 10.2 Å². The predicted molar refractivity (Wildman–Crippen MR) is 76.2 cm³/mol. The van der Waals surface area contributed by atoms with Crippen LogP contribution in [0.3, 0.4) is 0 Å². The van der Waals surface area contributed by atoms with Gasteiger partial charge in [-0.2, -0.15) is 0 Å². The number of rotatable bonds is 4. The summed E-state index contributed by atoms with van der Waals surface area (Å²) in [7, 11) is 3.77. The molecular weight excluding hydrogens is 241 g/mol. The van der Waals surface area contributed by atoms with E-state index in [1.54, 1.807) is 0 Å². The highest BCUT2D eigenvalue weighted by molar-refractivity contribution is 5.62. The second kappa shape index (κ2) is 5.80. The number of benzene rings is 1. The van der Waals surface area contributed by atoms with Gasteiger partial charge in [-0.15, -0.1) is 0 Å². The van der Waals surface area contributed by atoms with Gasteiger partial charge in [-0.25, -0.2) is 9.37 Å². The molecule has 0 saturated heterocycles. The van der Waals surface area contributed by atoms with E-state index >= 15 is 0 Å². The zero-order valence-electron chi connectivity index (χ0n) is 11.4. The van der Waals surface area contributed by atoms with Gasteiger partial charge in [-0.3, -0.25) is 0 Å². The van der Waals surface area contributed by atoms with Crippen molar-refractivity contribution >= 4 is 11.5 Å². The molecule has 1 aromatic carbocycles. The second-order valence-electron chi connectivity index (χ2n) is 4.56. The molecule has 100 valence electrons. The molecule has 0 aliphatic carbocycles. The van der Waals surface area contributed by atoms with E-state index in [1.165, 1.54) is 17.8 Å². The standard InChI is InChI=1S/C15H18FN3/c1-11-4-6-14(7-5-11)19(3)15-12(9-17-2)8-13(16)10-18-15/h4-8,10,17H,9H2,1-3H3. The van der Waals surface area contributed by atoms with Gasteiger partial charge in [0.2, 0.25) is 0 Å². The Morgan fingerprint density at radius 1 is 1.26 bits per heavy atom. The van der Waals surface area contributed by atoms with Crippen LogP contribution in [0.2, 0.25) is 0 Å². The SMILES string of the molecule is CNCc1cc(F)cnc1N(C)c1ccc(C)cc1. The molecule has 0 amide bonds. The molecule has 0 spiro atoms. The number of nitrogens with one attached hydrogen (secondary N) is 1. The lowest BCUT2D eigenvalue weighted by Crippen LogP contribution is -2.16. The second-order valence-corrected chi connectivity index (χ2v) is 4.56. The van der Waals surface area contributed by atoms with Crippen LogP contribution in [0.4, 0.5) is 15.9 Å². The number of hydrogen-bond acceptors (Lipinski definition) is 3. The first-order valence-corrected chi connectivity index (χ1v) is 6.21. The van der Waals surface area contributed by atoms with Gasteiger partial charge < -0.3 is 10.2 Å². The molecule has 0 radical (unpaired) electrons. The van der Waals surface area contributed by atoms with Crippen LogP contribution in [-0.4, -0.2) is 19.1 Å². The molecule has 0 bridgehead atoms. The van der Waals surface area contributed by atoms with Gasteiger partial charge in [0.25, 0.3) is 0 Å². The van der Waals surface area contributed by atoms with E-state index in [0.29, 0.717) is 6.54 Å². The summed E-state index contributed by atoms with van der Waals surface area (Å²) in [6.07, 6.45) is 1.25. The number of aromatic nitrogens is 1. The average Bonchev–Trinajstić information content (AvgIpc) is 2.39. The molecule has 0 aliphatic heterocycles. The summed E-state index contributed by atoms with van der Waals surface area (Å²) in [5.41, 5.74) is 3.08. The Morgan fingerprint density at radius 2 is 1.95 bits per heavy atom. The number of hydrogen-bond donors (Lipinski definition) is 1. The van der Waals surface area contributed by atoms with E-state index in [0.717, 1.165) is 17.1 Å². The first-order valence-electron chi connectivity index (χ1n) is 6.21. The Morgan fingerprint density at radius 3 is 2.58 bits per heavy atom. The van der Waals surface area contributed by atoms with Crippen molar-refractivity contribution in [1.29, 1.82) is 0 Å². The summed E-state index contributed by atoms with van der Waals surface area (Å²) in [5.74, 6) is 0.450. The van der Waals surface area contributed by atoms with Crippen LogP contribution in [0.5, 0.6) is 0 Å². The smallest absolute Gasteiger partial charge is 0.141 e. The van der Waals surface area contributed by atoms with Crippen molar-refractivity contribution in [2.75, 3.05) is 19.0 Å². The van der Waals surface area contributed by atoms with E-state index in [2.05, 4.69) is 10.3 Å². The first kappa shape index (κ1) is 13.5. The lowest BCUT2D eigenvalue weighted by Gasteiger charge is -2.21. The van der Waals surface area contributed by atoms with Crippen LogP contribution in [0.1, 0.15) is 11.1 Å². The fourth-order valence-electron chi connectivity index (χ4n) is 1.99. The third-order valence-electron chi connectivity index (χ3n) is 3.02. The number of nitrogens with zero attached hydrogens (tertiary/aromatic N) is 2. The summed E-state index contributed by atoms with van der Waals surface area (Å²) >= 11 is 0.